The van der Waals surface area contributed by atoms with E-state index in [9.17, 15) is 9.90 Å². The highest BCUT2D eigenvalue weighted by Gasteiger charge is 2.47. The van der Waals surface area contributed by atoms with Gasteiger partial charge in [0, 0.05) is 6.04 Å². The summed E-state index contributed by atoms with van der Waals surface area (Å²) in [6.45, 7) is 1.61. The first-order valence-corrected chi connectivity index (χ1v) is 4.27. The molecular weight excluding hydrogens is 192 g/mol. The van der Waals surface area contributed by atoms with Crippen LogP contribution in [0.15, 0.2) is 0 Å². The van der Waals surface area contributed by atoms with E-state index in [0.717, 1.165) is 19.3 Å². The zero-order valence-electron chi connectivity index (χ0n) is 7.69. The summed E-state index contributed by atoms with van der Waals surface area (Å²) in [6, 6.07) is -0.583. The first kappa shape index (κ1) is 12.7. The third-order valence-electron chi connectivity index (χ3n) is 2.82. The molecule has 0 bridgehead atoms. The van der Waals surface area contributed by atoms with Crippen molar-refractivity contribution < 1.29 is 9.90 Å². The molecule has 1 rings (SSSR count). The van der Waals surface area contributed by atoms with Gasteiger partial charge in [-0.3, -0.25) is 4.79 Å². The SMILES string of the molecule is CC(N)C(O)(C(N)=O)C1CCC1.Cl. The first-order valence-electron chi connectivity index (χ1n) is 4.27. The van der Waals surface area contributed by atoms with E-state index in [1.165, 1.54) is 0 Å². The highest BCUT2D eigenvalue weighted by molar-refractivity contribution is 5.85. The van der Waals surface area contributed by atoms with Gasteiger partial charge < -0.3 is 16.6 Å². The number of nitrogens with two attached hydrogens (primary N) is 2. The normalized spacial score (nSPS) is 23.6. The predicted molar refractivity (Wildman–Crippen MR) is 52.4 cm³/mol. The lowest BCUT2D eigenvalue weighted by molar-refractivity contribution is -0.149. The Hall–Kier alpha value is -0.320. The lowest BCUT2D eigenvalue weighted by Crippen LogP contribution is -2.61. The minimum atomic E-state index is -1.49. The maximum absolute atomic E-state index is 11.0. The molecule has 0 aromatic heterocycles. The summed E-state index contributed by atoms with van der Waals surface area (Å²) in [7, 11) is 0. The van der Waals surface area contributed by atoms with E-state index in [1.807, 2.05) is 0 Å². The number of hydrogen-bond donors (Lipinski definition) is 3. The summed E-state index contributed by atoms with van der Waals surface area (Å²) in [6.07, 6.45) is 2.74. The van der Waals surface area contributed by atoms with Crippen LogP contribution in [0, 0.1) is 5.92 Å². The van der Waals surface area contributed by atoms with Crippen LogP contribution in [0.1, 0.15) is 26.2 Å². The van der Waals surface area contributed by atoms with E-state index in [2.05, 4.69) is 0 Å². The molecule has 1 amide bonds. The van der Waals surface area contributed by atoms with Crippen LogP contribution in [-0.4, -0.2) is 22.7 Å². The molecule has 78 valence electrons. The Balaban J connectivity index is 0.00000144. The minimum Gasteiger partial charge on any atom is -0.378 e. The number of rotatable bonds is 3. The van der Waals surface area contributed by atoms with Crippen molar-refractivity contribution >= 4 is 18.3 Å². The first-order chi connectivity index (χ1) is 5.49. The van der Waals surface area contributed by atoms with E-state index in [4.69, 9.17) is 11.5 Å². The van der Waals surface area contributed by atoms with Crippen molar-refractivity contribution in [3.05, 3.63) is 0 Å². The van der Waals surface area contributed by atoms with Crippen molar-refractivity contribution in [2.45, 2.75) is 37.8 Å². The van der Waals surface area contributed by atoms with Crippen LogP contribution in [0.2, 0.25) is 0 Å². The molecule has 1 fully saturated rings. The molecule has 1 aliphatic carbocycles. The Morgan fingerprint density at radius 1 is 1.62 bits per heavy atom. The lowest BCUT2D eigenvalue weighted by atomic mass is 9.69. The fraction of sp³-hybridized carbons (Fsp3) is 0.875. The summed E-state index contributed by atoms with van der Waals surface area (Å²) in [4.78, 5) is 11.0. The summed E-state index contributed by atoms with van der Waals surface area (Å²) < 4.78 is 0. The topological polar surface area (TPSA) is 89.3 Å². The number of primary amides is 1. The van der Waals surface area contributed by atoms with Gasteiger partial charge in [-0.05, 0) is 25.7 Å². The average molecular weight is 209 g/mol. The molecule has 0 aromatic rings. The molecule has 1 aliphatic rings. The molecule has 2 atom stereocenters. The van der Waals surface area contributed by atoms with Crippen LogP contribution in [0.25, 0.3) is 0 Å². The van der Waals surface area contributed by atoms with Crippen LogP contribution in [0.3, 0.4) is 0 Å². The lowest BCUT2D eigenvalue weighted by Gasteiger charge is -2.41. The van der Waals surface area contributed by atoms with Crippen LogP contribution < -0.4 is 11.5 Å². The highest BCUT2D eigenvalue weighted by atomic mass is 35.5. The Bertz CT molecular complexity index is 195. The molecule has 2 unspecified atom stereocenters. The van der Waals surface area contributed by atoms with Crippen LogP contribution >= 0.6 is 12.4 Å². The van der Waals surface area contributed by atoms with Crippen molar-refractivity contribution in [2.75, 3.05) is 0 Å². The largest absolute Gasteiger partial charge is 0.378 e. The smallest absolute Gasteiger partial charge is 0.251 e. The average Bonchev–Trinajstić information content (AvgIpc) is 1.82. The molecule has 0 aromatic carbocycles. The van der Waals surface area contributed by atoms with Gasteiger partial charge in [0.1, 0.15) is 0 Å². The van der Waals surface area contributed by atoms with E-state index in [-0.39, 0.29) is 18.3 Å². The molecule has 5 heteroatoms. The number of carbonyl (C=O) groups excluding carboxylic acids is 1. The minimum absolute atomic E-state index is 0. The predicted octanol–water partition coefficient (Wildman–Crippen LogP) is -0.228. The summed E-state index contributed by atoms with van der Waals surface area (Å²) >= 11 is 0. The number of halogens is 1. The monoisotopic (exact) mass is 208 g/mol. The maximum Gasteiger partial charge on any atom is 0.251 e. The van der Waals surface area contributed by atoms with Gasteiger partial charge in [-0.1, -0.05) is 6.42 Å². The molecule has 0 radical (unpaired) electrons. The Kier molecular flexibility index (Phi) is 4.16. The Morgan fingerprint density at radius 3 is 2.15 bits per heavy atom. The van der Waals surface area contributed by atoms with Gasteiger partial charge in [0.25, 0.3) is 5.91 Å². The van der Waals surface area contributed by atoms with E-state index in [0.29, 0.717) is 0 Å². The van der Waals surface area contributed by atoms with Gasteiger partial charge in [-0.15, -0.1) is 12.4 Å². The van der Waals surface area contributed by atoms with Gasteiger partial charge in [-0.25, -0.2) is 0 Å². The molecule has 5 N–H and O–H groups in total. The van der Waals surface area contributed by atoms with Crippen molar-refractivity contribution in [1.82, 2.24) is 0 Å². The van der Waals surface area contributed by atoms with Crippen molar-refractivity contribution in [3.8, 4) is 0 Å². The molecule has 0 aliphatic heterocycles. The van der Waals surface area contributed by atoms with E-state index in [1.54, 1.807) is 6.92 Å². The molecule has 0 saturated heterocycles. The van der Waals surface area contributed by atoms with Gasteiger partial charge >= 0.3 is 0 Å². The standard InChI is InChI=1S/C8H16N2O2.ClH/c1-5(9)8(12,7(10)11)6-3-2-4-6;/h5-6,12H,2-4,9H2,1H3,(H2,10,11);1H. The molecular formula is C8H17ClN2O2. The molecule has 4 nitrogen and oxygen atoms in total. The zero-order valence-corrected chi connectivity index (χ0v) is 8.51. The Labute approximate surface area is 84.1 Å². The number of aliphatic hydroxyl groups is 1. The second-order valence-electron chi connectivity index (χ2n) is 3.61. The van der Waals surface area contributed by atoms with Gasteiger partial charge in [0.05, 0.1) is 0 Å². The summed E-state index contributed by atoms with van der Waals surface area (Å²) in [5.74, 6) is -0.725. The number of amides is 1. The summed E-state index contributed by atoms with van der Waals surface area (Å²) in [5.41, 5.74) is 9.16. The van der Waals surface area contributed by atoms with E-state index >= 15 is 0 Å². The molecule has 0 spiro atoms. The quantitative estimate of drug-likeness (QED) is 0.599. The highest BCUT2D eigenvalue weighted by Crippen LogP contribution is 2.37. The number of hydrogen-bond acceptors (Lipinski definition) is 3. The van der Waals surface area contributed by atoms with Crippen molar-refractivity contribution in [2.24, 2.45) is 17.4 Å². The van der Waals surface area contributed by atoms with Crippen LogP contribution in [0.5, 0.6) is 0 Å². The second kappa shape index (κ2) is 4.26. The van der Waals surface area contributed by atoms with Gasteiger partial charge in [0.2, 0.25) is 0 Å². The van der Waals surface area contributed by atoms with Crippen molar-refractivity contribution in [3.63, 3.8) is 0 Å². The fourth-order valence-corrected chi connectivity index (χ4v) is 1.65. The number of carbonyl (C=O) groups is 1. The zero-order chi connectivity index (χ0) is 9.35. The van der Waals surface area contributed by atoms with Gasteiger partial charge in [-0.2, -0.15) is 0 Å². The van der Waals surface area contributed by atoms with Crippen molar-refractivity contribution in [1.29, 1.82) is 0 Å². The van der Waals surface area contributed by atoms with Crippen LogP contribution in [0.4, 0.5) is 0 Å². The molecule has 13 heavy (non-hydrogen) atoms. The van der Waals surface area contributed by atoms with E-state index < -0.39 is 17.6 Å². The Morgan fingerprint density at radius 2 is 2.08 bits per heavy atom. The second-order valence-corrected chi connectivity index (χ2v) is 3.61. The van der Waals surface area contributed by atoms with Crippen LogP contribution in [-0.2, 0) is 4.79 Å². The van der Waals surface area contributed by atoms with Gasteiger partial charge in [0.15, 0.2) is 5.60 Å². The third kappa shape index (κ3) is 1.95. The molecule has 0 heterocycles. The fourth-order valence-electron chi connectivity index (χ4n) is 1.65. The summed E-state index contributed by atoms with van der Waals surface area (Å²) in [5, 5.41) is 9.89. The third-order valence-corrected chi connectivity index (χ3v) is 2.82. The molecule has 1 saturated carbocycles. The maximum atomic E-state index is 11.0.